The van der Waals surface area contributed by atoms with E-state index in [4.69, 9.17) is 28.7 Å². The minimum Gasteiger partial charge on any atom is -0.328 e. The van der Waals surface area contributed by atoms with Gasteiger partial charge >= 0.3 is 0 Å². The van der Waals surface area contributed by atoms with Crippen molar-refractivity contribution in [1.29, 1.82) is 0 Å². The molecule has 0 saturated heterocycles. The third-order valence-corrected chi connectivity index (χ3v) is 2.88. The van der Waals surface area contributed by atoms with Gasteiger partial charge in [0, 0.05) is 30.2 Å². The topological polar surface area (TPSA) is 130 Å². The summed E-state index contributed by atoms with van der Waals surface area (Å²) in [6, 6.07) is -0.535. The first kappa shape index (κ1) is 10.9. The first-order valence-corrected chi connectivity index (χ1v) is 4.80. The highest BCUT2D eigenvalue weighted by molar-refractivity contribution is 4.95. The van der Waals surface area contributed by atoms with Crippen LogP contribution in [0, 0.1) is 0 Å². The fourth-order valence-corrected chi connectivity index (χ4v) is 1.79. The van der Waals surface area contributed by atoms with Crippen molar-refractivity contribution in [2.75, 3.05) is 0 Å². The zero-order chi connectivity index (χ0) is 10.0. The Morgan fingerprint density at radius 1 is 0.692 bits per heavy atom. The van der Waals surface area contributed by atoms with Crippen LogP contribution in [0.15, 0.2) is 0 Å². The minimum absolute atomic E-state index is 0.0765. The monoisotopic (exact) mass is 187 g/mol. The van der Waals surface area contributed by atoms with E-state index in [1.807, 2.05) is 0 Å². The number of rotatable bonds is 0. The Bertz CT molecular complexity index is 163. The van der Waals surface area contributed by atoms with Crippen LogP contribution in [-0.4, -0.2) is 30.2 Å². The molecule has 0 amide bonds. The Morgan fingerprint density at radius 2 is 1.23 bits per heavy atom. The molecule has 10 N–H and O–H groups in total. The molecule has 0 radical (unpaired) electrons. The fourth-order valence-electron chi connectivity index (χ4n) is 1.79. The van der Waals surface area contributed by atoms with Crippen molar-refractivity contribution >= 4 is 0 Å². The van der Waals surface area contributed by atoms with Crippen LogP contribution in [0.25, 0.3) is 0 Å². The molecule has 1 rings (SSSR count). The summed E-state index contributed by atoms with van der Waals surface area (Å²) in [6.07, 6.45) is 2.46. The van der Waals surface area contributed by atoms with Crippen molar-refractivity contribution in [3.63, 3.8) is 0 Å². The predicted molar refractivity (Wildman–Crippen MR) is 53.7 cm³/mol. The number of hydrogen-bond donors (Lipinski definition) is 5. The highest BCUT2D eigenvalue weighted by atomic mass is 14.9. The molecule has 5 nitrogen and oxygen atoms in total. The van der Waals surface area contributed by atoms with E-state index in [0.717, 1.165) is 19.3 Å². The minimum atomic E-state index is -0.235. The molecule has 5 atom stereocenters. The lowest BCUT2D eigenvalue weighted by molar-refractivity contribution is 0.311. The SMILES string of the molecule is NC1CC[C@H](N)C(N)C(N)C(N)C1. The van der Waals surface area contributed by atoms with Gasteiger partial charge in [0.2, 0.25) is 0 Å². The van der Waals surface area contributed by atoms with E-state index in [0.29, 0.717) is 0 Å². The molecule has 0 aliphatic heterocycles. The summed E-state index contributed by atoms with van der Waals surface area (Å²) in [5.74, 6) is 0. The summed E-state index contributed by atoms with van der Waals surface area (Å²) < 4.78 is 0. The van der Waals surface area contributed by atoms with Gasteiger partial charge in [-0.2, -0.15) is 0 Å². The van der Waals surface area contributed by atoms with Gasteiger partial charge in [0.15, 0.2) is 0 Å². The van der Waals surface area contributed by atoms with Gasteiger partial charge in [0.1, 0.15) is 0 Å². The molecule has 0 bridgehead atoms. The quantitative estimate of drug-likeness (QED) is 0.294. The Kier molecular flexibility index (Phi) is 3.63. The molecule has 0 spiro atoms. The van der Waals surface area contributed by atoms with E-state index >= 15 is 0 Å². The lowest BCUT2D eigenvalue weighted by atomic mass is 9.85. The maximum atomic E-state index is 5.86. The van der Waals surface area contributed by atoms with Crippen molar-refractivity contribution in [3.8, 4) is 0 Å². The summed E-state index contributed by atoms with van der Waals surface area (Å²) in [4.78, 5) is 0. The predicted octanol–water partition coefficient (Wildman–Crippen LogP) is -2.19. The molecule has 1 aliphatic carbocycles. The maximum Gasteiger partial charge on any atom is 0.0362 e. The highest BCUT2D eigenvalue weighted by Crippen LogP contribution is 2.13. The van der Waals surface area contributed by atoms with Gasteiger partial charge in [-0.3, -0.25) is 0 Å². The summed E-state index contributed by atoms with van der Waals surface area (Å²) in [6.45, 7) is 0. The molecule has 0 aromatic rings. The number of hydrogen-bond acceptors (Lipinski definition) is 5. The number of nitrogens with two attached hydrogens (primary N) is 5. The molecule has 0 aromatic carbocycles. The van der Waals surface area contributed by atoms with Crippen molar-refractivity contribution < 1.29 is 0 Å². The average molecular weight is 187 g/mol. The van der Waals surface area contributed by atoms with Crippen molar-refractivity contribution in [2.45, 2.75) is 49.5 Å². The van der Waals surface area contributed by atoms with Gasteiger partial charge < -0.3 is 28.7 Å². The average Bonchev–Trinajstić information content (AvgIpc) is 2.10. The van der Waals surface area contributed by atoms with Gasteiger partial charge in [-0.05, 0) is 19.3 Å². The fraction of sp³-hybridized carbons (Fsp3) is 1.00. The highest BCUT2D eigenvalue weighted by Gasteiger charge is 2.29. The lowest BCUT2D eigenvalue weighted by Gasteiger charge is -2.34. The van der Waals surface area contributed by atoms with Crippen LogP contribution in [-0.2, 0) is 0 Å². The van der Waals surface area contributed by atoms with Crippen LogP contribution in [0.3, 0.4) is 0 Å². The summed E-state index contributed by atoms with van der Waals surface area (Å²) in [7, 11) is 0. The summed E-state index contributed by atoms with van der Waals surface area (Å²) in [5, 5.41) is 0. The molecule has 1 saturated carbocycles. The van der Waals surface area contributed by atoms with Crippen LogP contribution in [0.2, 0.25) is 0 Å². The van der Waals surface area contributed by atoms with E-state index in [1.54, 1.807) is 0 Å². The lowest BCUT2D eigenvalue weighted by Crippen LogP contribution is -2.62. The summed E-state index contributed by atoms with van der Waals surface area (Å²) in [5.41, 5.74) is 29.2. The summed E-state index contributed by atoms with van der Waals surface area (Å²) >= 11 is 0. The van der Waals surface area contributed by atoms with Gasteiger partial charge in [0.05, 0.1) is 0 Å². The maximum absolute atomic E-state index is 5.86. The van der Waals surface area contributed by atoms with Crippen LogP contribution < -0.4 is 28.7 Å². The molecule has 13 heavy (non-hydrogen) atoms. The second kappa shape index (κ2) is 4.34. The Labute approximate surface area is 79.0 Å². The molecular weight excluding hydrogens is 166 g/mol. The van der Waals surface area contributed by atoms with Gasteiger partial charge in [-0.1, -0.05) is 0 Å². The van der Waals surface area contributed by atoms with Crippen molar-refractivity contribution in [1.82, 2.24) is 0 Å². The van der Waals surface area contributed by atoms with Gasteiger partial charge in [0.25, 0.3) is 0 Å². The third kappa shape index (κ3) is 2.62. The molecule has 78 valence electrons. The second-order valence-corrected chi connectivity index (χ2v) is 4.06. The molecule has 5 heteroatoms. The smallest absolute Gasteiger partial charge is 0.0362 e. The van der Waals surface area contributed by atoms with Crippen LogP contribution in [0.4, 0.5) is 0 Å². The first-order chi connectivity index (χ1) is 6.02. The normalized spacial score (nSPS) is 48.2. The van der Waals surface area contributed by atoms with Crippen molar-refractivity contribution in [3.05, 3.63) is 0 Å². The standard InChI is InChI=1S/C8H21N5/c9-4-1-2-5(10)7(12)8(13)6(11)3-4/h4-8H,1-3,9-13H2/t4?,5-,6?,7?,8?/m0/s1. The second-order valence-electron chi connectivity index (χ2n) is 4.06. The molecule has 1 fully saturated rings. The Balaban J connectivity index is 2.62. The molecule has 0 aromatic heterocycles. The van der Waals surface area contributed by atoms with Crippen molar-refractivity contribution in [2.24, 2.45) is 28.7 Å². The Morgan fingerprint density at radius 3 is 1.85 bits per heavy atom. The van der Waals surface area contributed by atoms with E-state index in [2.05, 4.69) is 0 Å². The van der Waals surface area contributed by atoms with Gasteiger partial charge in [-0.25, -0.2) is 0 Å². The Hall–Kier alpha value is -0.200. The zero-order valence-corrected chi connectivity index (χ0v) is 7.89. The molecule has 1 aliphatic rings. The van der Waals surface area contributed by atoms with Crippen LogP contribution >= 0.6 is 0 Å². The van der Waals surface area contributed by atoms with Gasteiger partial charge in [-0.15, -0.1) is 0 Å². The van der Waals surface area contributed by atoms with Crippen LogP contribution in [0.5, 0.6) is 0 Å². The molecule has 0 heterocycles. The zero-order valence-electron chi connectivity index (χ0n) is 7.89. The van der Waals surface area contributed by atoms with E-state index in [-0.39, 0.29) is 30.2 Å². The van der Waals surface area contributed by atoms with Crippen LogP contribution in [0.1, 0.15) is 19.3 Å². The van der Waals surface area contributed by atoms with E-state index < -0.39 is 0 Å². The largest absolute Gasteiger partial charge is 0.328 e. The van der Waals surface area contributed by atoms with E-state index in [9.17, 15) is 0 Å². The molecule has 4 unspecified atom stereocenters. The van der Waals surface area contributed by atoms with E-state index in [1.165, 1.54) is 0 Å². The molecular formula is C8H21N5. The third-order valence-electron chi connectivity index (χ3n) is 2.88. The first-order valence-electron chi connectivity index (χ1n) is 4.80.